The van der Waals surface area contributed by atoms with Crippen molar-refractivity contribution in [2.45, 2.75) is 32.6 Å². The number of rotatable bonds is 3. The molecule has 3 heteroatoms. The first-order chi connectivity index (χ1) is 8.26. The predicted molar refractivity (Wildman–Crippen MR) is 63.1 cm³/mol. The summed E-state index contributed by atoms with van der Waals surface area (Å²) in [6.07, 6.45) is 4.68. The van der Waals surface area contributed by atoms with Crippen LogP contribution in [-0.4, -0.2) is 24.3 Å². The molecule has 3 aliphatic carbocycles. The zero-order valence-electron chi connectivity index (χ0n) is 10.5. The summed E-state index contributed by atoms with van der Waals surface area (Å²) in [6, 6.07) is 0. The molecule has 0 aromatic carbocycles. The van der Waals surface area contributed by atoms with Gasteiger partial charge in [-0.25, -0.2) is 0 Å². The molecular weight excluding hydrogens is 216 g/mol. The fourth-order valence-corrected chi connectivity index (χ4v) is 4.98. The van der Waals surface area contributed by atoms with E-state index in [1.54, 1.807) is 0 Å². The van der Waals surface area contributed by atoms with Crippen molar-refractivity contribution in [1.29, 1.82) is 0 Å². The van der Waals surface area contributed by atoms with Gasteiger partial charge in [0, 0.05) is 6.61 Å². The zero-order valence-corrected chi connectivity index (χ0v) is 10.5. The number of aliphatic hydroxyl groups is 1. The number of aliphatic hydroxyl groups excluding tert-OH is 1. The van der Waals surface area contributed by atoms with Crippen LogP contribution in [0.2, 0.25) is 0 Å². The lowest BCUT2D eigenvalue weighted by Crippen LogP contribution is -2.34. The highest BCUT2D eigenvalue weighted by Crippen LogP contribution is 2.62. The normalized spacial score (nSPS) is 47.2. The van der Waals surface area contributed by atoms with Gasteiger partial charge in [0.25, 0.3) is 0 Å². The minimum Gasteiger partial charge on any atom is -0.466 e. The minimum absolute atomic E-state index is 0.0158. The Bertz CT molecular complexity index is 315. The van der Waals surface area contributed by atoms with Gasteiger partial charge in [0.2, 0.25) is 0 Å². The molecule has 3 nitrogen and oxygen atoms in total. The average Bonchev–Trinajstić information content (AvgIpc) is 3.00. The lowest BCUT2D eigenvalue weighted by Gasteiger charge is -2.32. The maximum absolute atomic E-state index is 11.9. The third-order valence-electron chi connectivity index (χ3n) is 5.48. The molecule has 96 valence electrons. The van der Waals surface area contributed by atoms with Gasteiger partial charge in [-0.05, 0) is 62.2 Å². The summed E-state index contributed by atoms with van der Waals surface area (Å²) in [5.41, 5.74) is 0. The first-order valence-corrected chi connectivity index (χ1v) is 7.03. The molecule has 0 aromatic heterocycles. The molecule has 1 N–H and O–H groups in total. The Morgan fingerprint density at radius 2 is 2.12 bits per heavy atom. The van der Waals surface area contributed by atoms with Crippen LogP contribution in [0.25, 0.3) is 0 Å². The highest BCUT2D eigenvalue weighted by molar-refractivity contribution is 5.73. The number of fused-ring (bicyclic) bond motifs is 5. The summed E-state index contributed by atoms with van der Waals surface area (Å²) in [6.45, 7) is 2.67. The van der Waals surface area contributed by atoms with Crippen LogP contribution in [0.1, 0.15) is 32.6 Å². The van der Waals surface area contributed by atoms with E-state index in [0.29, 0.717) is 31.0 Å². The Balaban J connectivity index is 1.75. The van der Waals surface area contributed by atoms with E-state index >= 15 is 0 Å². The fraction of sp³-hybridized carbons (Fsp3) is 0.929. The zero-order chi connectivity index (χ0) is 12.0. The van der Waals surface area contributed by atoms with Crippen molar-refractivity contribution >= 4 is 5.97 Å². The van der Waals surface area contributed by atoms with Gasteiger partial charge in [-0.15, -0.1) is 0 Å². The van der Waals surface area contributed by atoms with Gasteiger partial charge in [0.1, 0.15) is 0 Å². The van der Waals surface area contributed by atoms with Crippen LogP contribution in [0.3, 0.4) is 0 Å². The number of carbonyl (C=O) groups is 1. The molecule has 3 saturated carbocycles. The summed E-state index contributed by atoms with van der Waals surface area (Å²) in [4.78, 5) is 11.9. The first-order valence-electron chi connectivity index (χ1n) is 7.03. The van der Waals surface area contributed by atoms with Gasteiger partial charge < -0.3 is 9.84 Å². The molecule has 17 heavy (non-hydrogen) atoms. The Morgan fingerprint density at radius 1 is 1.29 bits per heavy atom. The second kappa shape index (κ2) is 4.27. The molecule has 3 fully saturated rings. The summed E-state index contributed by atoms with van der Waals surface area (Å²) in [7, 11) is 0. The second-order valence-electron chi connectivity index (χ2n) is 6.02. The van der Waals surface area contributed by atoms with E-state index in [9.17, 15) is 9.90 Å². The Kier molecular flexibility index (Phi) is 2.89. The van der Waals surface area contributed by atoms with Crippen molar-refractivity contribution < 1.29 is 14.6 Å². The number of hydrogen-bond acceptors (Lipinski definition) is 3. The molecule has 0 radical (unpaired) electrons. The maximum Gasteiger partial charge on any atom is 0.309 e. The van der Waals surface area contributed by atoms with Crippen molar-refractivity contribution in [3.8, 4) is 0 Å². The topological polar surface area (TPSA) is 46.5 Å². The van der Waals surface area contributed by atoms with Gasteiger partial charge in [0.15, 0.2) is 0 Å². The molecule has 6 atom stereocenters. The molecular formula is C14H22O3. The van der Waals surface area contributed by atoms with E-state index in [0.717, 1.165) is 24.7 Å². The molecule has 3 rings (SSSR count). The Labute approximate surface area is 103 Å². The van der Waals surface area contributed by atoms with Crippen LogP contribution in [0, 0.1) is 35.5 Å². The van der Waals surface area contributed by atoms with Crippen LogP contribution in [-0.2, 0) is 9.53 Å². The summed E-state index contributed by atoms with van der Waals surface area (Å²) in [5, 5.41) is 9.45. The van der Waals surface area contributed by atoms with E-state index in [4.69, 9.17) is 4.74 Å². The molecule has 0 amide bonds. The number of esters is 1. The fourth-order valence-electron chi connectivity index (χ4n) is 4.98. The van der Waals surface area contributed by atoms with Crippen molar-refractivity contribution in [1.82, 2.24) is 0 Å². The third-order valence-corrected chi connectivity index (χ3v) is 5.48. The third kappa shape index (κ3) is 1.62. The molecule has 0 aromatic rings. The van der Waals surface area contributed by atoms with Crippen LogP contribution >= 0.6 is 0 Å². The van der Waals surface area contributed by atoms with Crippen LogP contribution < -0.4 is 0 Å². The van der Waals surface area contributed by atoms with Crippen molar-refractivity contribution in [2.75, 3.05) is 13.2 Å². The standard InChI is InChI=1S/C14H22O3/c1-2-17-14(16)12-6-9-5-11(12)13-8(7-15)3-4-10(9)13/h8-13,15H,2-7H2,1H3. The highest BCUT2D eigenvalue weighted by Gasteiger charge is 2.58. The lowest BCUT2D eigenvalue weighted by molar-refractivity contribution is -0.151. The van der Waals surface area contributed by atoms with Gasteiger partial charge in [-0.2, -0.15) is 0 Å². The molecule has 0 aliphatic heterocycles. The molecule has 0 saturated heterocycles. The van der Waals surface area contributed by atoms with Crippen molar-refractivity contribution in [3.05, 3.63) is 0 Å². The monoisotopic (exact) mass is 238 g/mol. The molecule has 2 bridgehead atoms. The molecule has 0 spiro atoms. The smallest absolute Gasteiger partial charge is 0.309 e. The van der Waals surface area contributed by atoms with Gasteiger partial charge in [-0.3, -0.25) is 4.79 Å². The van der Waals surface area contributed by atoms with E-state index in [2.05, 4.69) is 0 Å². The van der Waals surface area contributed by atoms with Gasteiger partial charge in [0.05, 0.1) is 12.5 Å². The average molecular weight is 238 g/mol. The lowest BCUT2D eigenvalue weighted by atomic mass is 9.73. The first kappa shape index (κ1) is 11.5. The summed E-state index contributed by atoms with van der Waals surface area (Å²) in [5.74, 6) is 3.23. The number of carbonyl (C=O) groups excluding carboxylic acids is 1. The Hall–Kier alpha value is -0.570. The quantitative estimate of drug-likeness (QED) is 0.763. The van der Waals surface area contributed by atoms with Crippen LogP contribution in [0.5, 0.6) is 0 Å². The predicted octanol–water partition coefficient (Wildman–Crippen LogP) is 1.84. The second-order valence-corrected chi connectivity index (χ2v) is 6.02. The SMILES string of the molecule is CCOC(=O)C1CC2CC1C1C(CO)CCC21. The van der Waals surface area contributed by atoms with Crippen molar-refractivity contribution in [2.24, 2.45) is 35.5 Å². The molecule has 6 unspecified atom stereocenters. The van der Waals surface area contributed by atoms with Crippen molar-refractivity contribution in [3.63, 3.8) is 0 Å². The molecule has 0 heterocycles. The van der Waals surface area contributed by atoms with Crippen LogP contribution in [0.15, 0.2) is 0 Å². The number of hydrogen-bond donors (Lipinski definition) is 1. The highest BCUT2D eigenvalue weighted by atomic mass is 16.5. The summed E-state index contributed by atoms with van der Waals surface area (Å²) >= 11 is 0. The van der Waals surface area contributed by atoms with Gasteiger partial charge >= 0.3 is 5.97 Å². The van der Waals surface area contributed by atoms with Gasteiger partial charge in [-0.1, -0.05) is 0 Å². The van der Waals surface area contributed by atoms with E-state index in [-0.39, 0.29) is 11.9 Å². The molecule has 3 aliphatic rings. The number of ether oxygens (including phenoxy) is 1. The largest absolute Gasteiger partial charge is 0.466 e. The Morgan fingerprint density at radius 3 is 2.82 bits per heavy atom. The van der Waals surface area contributed by atoms with E-state index in [1.807, 2.05) is 6.92 Å². The van der Waals surface area contributed by atoms with E-state index in [1.165, 1.54) is 12.8 Å². The minimum atomic E-state index is 0.0158. The van der Waals surface area contributed by atoms with E-state index < -0.39 is 0 Å². The maximum atomic E-state index is 11.9. The van der Waals surface area contributed by atoms with Crippen LogP contribution in [0.4, 0.5) is 0 Å². The summed E-state index contributed by atoms with van der Waals surface area (Å²) < 4.78 is 5.19.